The normalized spacial score (nSPS) is 10.5. The molecule has 0 atom stereocenters. The second-order valence-corrected chi connectivity index (χ2v) is 6.40. The largest absolute Gasteiger partial charge is 0.507 e. The van der Waals surface area contributed by atoms with Gasteiger partial charge in [-0.3, -0.25) is 9.59 Å². The Morgan fingerprint density at radius 2 is 1.92 bits per heavy atom. The molecule has 0 aliphatic carbocycles. The van der Waals surface area contributed by atoms with E-state index in [1.807, 2.05) is 13.0 Å². The molecule has 5 heteroatoms. The molecule has 0 heterocycles. The maximum atomic E-state index is 12.2. The number of phenols is 1. The van der Waals surface area contributed by atoms with Gasteiger partial charge in [-0.25, -0.2) is 0 Å². The van der Waals surface area contributed by atoms with Crippen LogP contribution in [0.2, 0.25) is 0 Å². The van der Waals surface area contributed by atoms with E-state index in [-0.39, 0.29) is 23.9 Å². The first-order chi connectivity index (χ1) is 11.4. The van der Waals surface area contributed by atoms with Crippen molar-refractivity contribution in [1.29, 1.82) is 0 Å². The lowest BCUT2D eigenvalue weighted by Crippen LogP contribution is -2.12. The Morgan fingerprint density at radius 3 is 2.58 bits per heavy atom. The predicted molar refractivity (Wildman–Crippen MR) is 96.0 cm³/mol. The monoisotopic (exact) mass is 390 g/mol. The summed E-state index contributed by atoms with van der Waals surface area (Å²) in [5.41, 5.74) is 1.29. The van der Waals surface area contributed by atoms with Crippen LogP contribution in [0.5, 0.6) is 11.5 Å². The van der Waals surface area contributed by atoms with E-state index in [4.69, 9.17) is 4.74 Å². The fourth-order valence-corrected chi connectivity index (χ4v) is 2.71. The third kappa shape index (κ3) is 4.23. The third-order valence-electron chi connectivity index (χ3n) is 3.66. The molecule has 126 valence electrons. The summed E-state index contributed by atoms with van der Waals surface area (Å²) in [6.45, 7) is 3.43. The number of phenolic OH excluding ortho intramolecular Hbond substituents is 1. The highest BCUT2D eigenvalue weighted by molar-refractivity contribution is 9.10. The zero-order valence-electron chi connectivity index (χ0n) is 13.6. The standard InChI is InChI=1S/C19H19BrO4/c1-3-5-16(21)15-8-9-18(12(2)19(15)23)24-11-17(22)13-6-4-7-14(20)10-13/h4,6-10,23H,3,5,11H2,1-2H3. The van der Waals surface area contributed by atoms with Crippen LogP contribution in [0.25, 0.3) is 0 Å². The molecular weight excluding hydrogens is 372 g/mol. The summed E-state index contributed by atoms with van der Waals surface area (Å²) < 4.78 is 6.35. The summed E-state index contributed by atoms with van der Waals surface area (Å²) in [6, 6.07) is 10.2. The Hall–Kier alpha value is -2.14. The number of hydrogen-bond acceptors (Lipinski definition) is 4. The van der Waals surface area contributed by atoms with E-state index >= 15 is 0 Å². The van der Waals surface area contributed by atoms with E-state index in [0.29, 0.717) is 28.9 Å². The Balaban J connectivity index is 2.12. The summed E-state index contributed by atoms with van der Waals surface area (Å²) in [5.74, 6) is 0.0425. The lowest BCUT2D eigenvalue weighted by atomic mass is 10.0. The molecule has 1 N–H and O–H groups in total. The van der Waals surface area contributed by atoms with Crippen molar-refractivity contribution in [3.05, 3.63) is 57.6 Å². The Kier molecular flexibility index (Phi) is 6.15. The van der Waals surface area contributed by atoms with E-state index in [2.05, 4.69) is 15.9 Å². The lowest BCUT2D eigenvalue weighted by Gasteiger charge is -2.12. The van der Waals surface area contributed by atoms with E-state index in [1.54, 1.807) is 37.3 Å². The highest BCUT2D eigenvalue weighted by Crippen LogP contribution is 2.31. The van der Waals surface area contributed by atoms with Gasteiger partial charge in [0.25, 0.3) is 0 Å². The van der Waals surface area contributed by atoms with Crippen molar-refractivity contribution < 1.29 is 19.4 Å². The molecule has 0 spiro atoms. The fourth-order valence-electron chi connectivity index (χ4n) is 2.31. The minimum atomic E-state index is -0.165. The molecule has 24 heavy (non-hydrogen) atoms. The minimum Gasteiger partial charge on any atom is -0.507 e. The van der Waals surface area contributed by atoms with Crippen LogP contribution < -0.4 is 4.74 Å². The number of aromatic hydroxyl groups is 1. The fraction of sp³-hybridized carbons (Fsp3) is 0.263. The van der Waals surface area contributed by atoms with E-state index in [9.17, 15) is 14.7 Å². The Morgan fingerprint density at radius 1 is 1.17 bits per heavy atom. The maximum absolute atomic E-state index is 12.2. The molecule has 0 fully saturated rings. The van der Waals surface area contributed by atoms with Crippen molar-refractivity contribution in [3.63, 3.8) is 0 Å². The van der Waals surface area contributed by atoms with Gasteiger partial charge in [-0.15, -0.1) is 0 Å². The molecule has 2 rings (SSSR count). The van der Waals surface area contributed by atoms with Gasteiger partial charge in [0.05, 0.1) is 5.56 Å². The quantitative estimate of drug-likeness (QED) is 0.695. The van der Waals surface area contributed by atoms with Crippen LogP contribution >= 0.6 is 15.9 Å². The average molecular weight is 391 g/mol. The van der Waals surface area contributed by atoms with Crippen molar-refractivity contribution in [2.75, 3.05) is 6.61 Å². The molecule has 0 aliphatic rings. The highest BCUT2D eigenvalue weighted by atomic mass is 79.9. The number of carbonyl (C=O) groups excluding carboxylic acids is 2. The van der Waals surface area contributed by atoms with Gasteiger partial charge in [-0.05, 0) is 37.6 Å². The minimum absolute atomic E-state index is 0.0825. The number of ketones is 2. The molecule has 2 aromatic carbocycles. The first kappa shape index (κ1) is 18.2. The third-order valence-corrected chi connectivity index (χ3v) is 4.16. The van der Waals surface area contributed by atoms with Crippen LogP contribution in [0.15, 0.2) is 40.9 Å². The summed E-state index contributed by atoms with van der Waals surface area (Å²) >= 11 is 3.32. The summed E-state index contributed by atoms with van der Waals surface area (Å²) in [4.78, 5) is 24.1. The summed E-state index contributed by atoms with van der Waals surface area (Å²) in [5, 5.41) is 10.2. The second kappa shape index (κ2) is 8.11. The summed E-state index contributed by atoms with van der Waals surface area (Å²) in [6.07, 6.45) is 1.10. The number of benzene rings is 2. The number of halogens is 1. The molecule has 0 aliphatic heterocycles. The molecule has 0 aromatic heterocycles. The van der Waals surface area contributed by atoms with Crippen molar-refractivity contribution in [1.82, 2.24) is 0 Å². The van der Waals surface area contributed by atoms with Crippen LogP contribution in [-0.4, -0.2) is 23.3 Å². The van der Waals surface area contributed by atoms with Gasteiger partial charge in [-0.1, -0.05) is 35.0 Å². The van der Waals surface area contributed by atoms with Gasteiger partial charge in [0.2, 0.25) is 0 Å². The predicted octanol–water partition coefficient (Wildman–Crippen LogP) is 4.71. The van der Waals surface area contributed by atoms with Crippen LogP contribution in [0, 0.1) is 6.92 Å². The summed E-state index contributed by atoms with van der Waals surface area (Å²) in [7, 11) is 0. The van der Waals surface area contributed by atoms with Crippen molar-refractivity contribution >= 4 is 27.5 Å². The molecule has 4 nitrogen and oxygen atoms in total. The number of ether oxygens (including phenoxy) is 1. The van der Waals surface area contributed by atoms with Gasteiger partial charge in [0.1, 0.15) is 11.5 Å². The van der Waals surface area contributed by atoms with Crippen LogP contribution in [0.4, 0.5) is 0 Å². The maximum Gasteiger partial charge on any atom is 0.200 e. The van der Waals surface area contributed by atoms with E-state index in [0.717, 1.165) is 10.9 Å². The zero-order chi connectivity index (χ0) is 17.7. The molecule has 0 amide bonds. The van der Waals surface area contributed by atoms with Crippen molar-refractivity contribution in [2.24, 2.45) is 0 Å². The van der Waals surface area contributed by atoms with Gasteiger partial charge < -0.3 is 9.84 Å². The average Bonchev–Trinajstić information content (AvgIpc) is 2.56. The number of Topliss-reactive ketones (excluding diaryl/α,β-unsaturated/α-hetero) is 2. The van der Waals surface area contributed by atoms with Gasteiger partial charge >= 0.3 is 0 Å². The van der Waals surface area contributed by atoms with Crippen LogP contribution in [0.3, 0.4) is 0 Å². The smallest absolute Gasteiger partial charge is 0.200 e. The molecule has 0 radical (unpaired) electrons. The molecule has 0 unspecified atom stereocenters. The van der Waals surface area contributed by atoms with Gasteiger partial charge in [0.15, 0.2) is 18.2 Å². The SMILES string of the molecule is CCCC(=O)c1ccc(OCC(=O)c2cccc(Br)c2)c(C)c1O. The van der Waals surface area contributed by atoms with Crippen molar-refractivity contribution in [3.8, 4) is 11.5 Å². The Labute approximate surface area is 149 Å². The number of hydrogen-bond donors (Lipinski definition) is 1. The van der Waals surface area contributed by atoms with Crippen LogP contribution in [-0.2, 0) is 0 Å². The molecule has 0 bridgehead atoms. The van der Waals surface area contributed by atoms with E-state index < -0.39 is 0 Å². The number of rotatable bonds is 7. The van der Waals surface area contributed by atoms with E-state index in [1.165, 1.54) is 0 Å². The first-order valence-electron chi connectivity index (χ1n) is 7.71. The molecule has 2 aromatic rings. The van der Waals surface area contributed by atoms with Crippen molar-refractivity contribution in [2.45, 2.75) is 26.7 Å². The second-order valence-electron chi connectivity index (χ2n) is 5.48. The first-order valence-corrected chi connectivity index (χ1v) is 8.50. The molecule has 0 saturated heterocycles. The highest BCUT2D eigenvalue weighted by Gasteiger charge is 2.16. The molecular formula is C19H19BrO4. The number of carbonyl (C=O) groups is 2. The van der Waals surface area contributed by atoms with Crippen LogP contribution in [0.1, 0.15) is 46.0 Å². The molecule has 0 saturated carbocycles. The van der Waals surface area contributed by atoms with Gasteiger partial charge in [-0.2, -0.15) is 0 Å². The van der Waals surface area contributed by atoms with Gasteiger partial charge in [0, 0.05) is 22.0 Å². The topological polar surface area (TPSA) is 63.6 Å². The lowest BCUT2D eigenvalue weighted by molar-refractivity contribution is 0.0918. The Bertz CT molecular complexity index is 768. The zero-order valence-corrected chi connectivity index (χ0v) is 15.2.